The Morgan fingerprint density at radius 2 is 2.14 bits per heavy atom. The topological polar surface area (TPSA) is 43.9 Å². The van der Waals surface area contributed by atoms with E-state index in [2.05, 4.69) is 10.1 Å². The first-order valence-electron chi connectivity index (χ1n) is 6.37. The van der Waals surface area contributed by atoms with Gasteiger partial charge in [0.2, 0.25) is 0 Å². The molecule has 0 aliphatic carbocycles. The van der Waals surface area contributed by atoms with Crippen LogP contribution in [0.1, 0.15) is 29.6 Å². The number of benzene rings is 1. The van der Waals surface area contributed by atoms with E-state index in [1.165, 1.54) is 12.1 Å². The quantitative estimate of drug-likeness (QED) is 0.666. The molecule has 2 aromatic heterocycles. The molecule has 7 heteroatoms. The van der Waals surface area contributed by atoms with Crippen molar-refractivity contribution < 1.29 is 8.91 Å². The first-order chi connectivity index (χ1) is 9.95. The average molecular weight is 328 g/mol. The van der Waals surface area contributed by atoms with Crippen molar-refractivity contribution in [3.63, 3.8) is 0 Å². The lowest BCUT2D eigenvalue weighted by Crippen LogP contribution is -2.05. The fraction of sp³-hybridized carbons (Fsp3) is 0.286. The molecule has 0 bridgehead atoms. The van der Waals surface area contributed by atoms with E-state index in [4.69, 9.17) is 27.7 Å². The molecule has 0 N–H and O–H groups in total. The average Bonchev–Trinajstić information content (AvgIpc) is 2.96. The minimum absolute atomic E-state index is 0.0384. The fourth-order valence-electron chi connectivity index (χ4n) is 2.26. The van der Waals surface area contributed by atoms with Crippen LogP contribution in [0.4, 0.5) is 4.39 Å². The number of aryl methyl sites for hydroxylation is 1. The molecule has 0 saturated carbocycles. The fourth-order valence-corrected chi connectivity index (χ4v) is 2.58. The number of alkyl halides is 1. The second-order valence-corrected chi connectivity index (χ2v) is 5.92. The Morgan fingerprint density at radius 1 is 1.38 bits per heavy atom. The van der Waals surface area contributed by atoms with Gasteiger partial charge >= 0.3 is 0 Å². The maximum Gasteiger partial charge on any atom is 0.156 e. The maximum absolute atomic E-state index is 13.7. The van der Waals surface area contributed by atoms with Crippen molar-refractivity contribution in [3.8, 4) is 0 Å². The Balaban J connectivity index is 2.17. The smallest absolute Gasteiger partial charge is 0.156 e. The number of fused-ring (bicyclic) bond motifs is 1. The van der Waals surface area contributed by atoms with Gasteiger partial charge in [-0.05, 0) is 19.9 Å². The lowest BCUT2D eigenvalue weighted by molar-refractivity contribution is 0.372. The highest BCUT2D eigenvalue weighted by molar-refractivity contribution is 6.31. The van der Waals surface area contributed by atoms with Crippen molar-refractivity contribution >= 4 is 34.2 Å². The van der Waals surface area contributed by atoms with Crippen LogP contribution < -0.4 is 0 Å². The number of hydrogen-bond donors (Lipinski definition) is 0. The highest BCUT2D eigenvalue weighted by Crippen LogP contribution is 2.29. The van der Waals surface area contributed by atoms with Gasteiger partial charge in [0.15, 0.2) is 5.76 Å². The molecular weight excluding hydrogens is 316 g/mol. The highest BCUT2D eigenvalue weighted by atomic mass is 35.5. The van der Waals surface area contributed by atoms with Gasteiger partial charge < -0.3 is 9.09 Å². The van der Waals surface area contributed by atoms with E-state index in [1.54, 1.807) is 0 Å². The Kier molecular flexibility index (Phi) is 3.63. The van der Waals surface area contributed by atoms with Crippen LogP contribution in [0.25, 0.3) is 11.0 Å². The van der Waals surface area contributed by atoms with E-state index in [9.17, 15) is 4.39 Å². The van der Waals surface area contributed by atoms with Crippen molar-refractivity contribution in [1.82, 2.24) is 14.7 Å². The van der Waals surface area contributed by atoms with Gasteiger partial charge in [0.25, 0.3) is 0 Å². The lowest BCUT2D eigenvalue weighted by Gasteiger charge is -2.08. The molecule has 1 unspecified atom stereocenters. The molecule has 2 heterocycles. The molecule has 0 aliphatic rings. The van der Waals surface area contributed by atoms with Gasteiger partial charge in [-0.2, -0.15) is 0 Å². The molecular formula is C14H12Cl2FN3O. The van der Waals surface area contributed by atoms with E-state index in [0.29, 0.717) is 29.2 Å². The second kappa shape index (κ2) is 5.31. The summed E-state index contributed by atoms with van der Waals surface area (Å²) in [4.78, 5) is 4.43. The number of halogens is 3. The minimum atomic E-state index is -0.493. The van der Waals surface area contributed by atoms with Crippen LogP contribution in [-0.4, -0.2) is 14.7 Å². The molecule has 110 valence electrons. The van der Waals surface area contributed by atoms with Crippen LogP contribution in [0.3, 0.4) is 0 Å². The number of hydrogen-bond acceptors (Lipinski definition) is 3. The van der Waals surface area contributed by atoms with Gasteiger partial charge in [0.1, 0.15) is 11.6 Å². The molecule has 0 radical (unpaired) electrons. The summed E-state index contributed by atoms with van der Waals surface area (Å²) in [7, 11) is 0. The van der Waals surface area contributed by atoms with Gasteiger partial charge in [-0.1, -0.05) is 16.8 Å². The third-order valence-electron chi connectivity index (χ3n) is 3.17. The second-order valence-electron chi connectivity index (χ2n) is 4.86. The first-order valence-corrected chi connectivity index (χ1v) is 7.18. The van der Waals surface area contributed by atoms with E-state index in [1.807, 2.05) is 24.5 Å². The van der Waals surface area contributed by atoms with Crippen LogP contribution in [-0.2, 0) is 6.54 Å². The summed E-state index contributed by atoms with van der Waals surface area (Å²) in [5.41, 5.74) is 2.00. The van der Waals surface area contributed by atoms with Gasteiger partial charge in [0, 0.05) is 12.1 Å². The molecule has 1 atom stereocenters. The van der Waals surface area contributed by atoms with Crippen LogP contribution in [0.2, 0.25) is 5.02 Å². The first kappa shape index (κ1) is 14.4. The predicted octanol–water partition coefficient (Wildman–Crippen LogP) is 4.47. The van der Waals surface area contributed by atoms with Gasteiger partial charge in [-0.3, -0.25) is 0 Å². The summed E-state index contributed by atoms with van der Waals surface area (Å²) in [5.74, 6) is 0.788. The highest BCUT2D eigenvalue weighted by Gasteiger charge is 2.18. The standard InChI is InChI=1S/C14H12Cl2FN3O/c1-7-3-9(21-19-7)6-20-13-5-11(17)10(16)4-12(13)18-14(20)8(2)15/h3-5,8H,6H2,1-2H3. The van der Waals surface area contributed by atoms with Crippen LogP contribution >= 0.6 is 23.2 Å². The third-order valence-corrected chi connectivity index (χ3v) is 3.65. The summed E-state index contributed by atoms with van der Waals surface area (Å²) in [5, 5.41) is 3.55. The molecule has 21 heavy (non-hydrogen) atoms. The third kappa shape index (κ3) is 2.63. The van der Waals surface area contributed by atoms with Crippen molar-refractivity contribution in [2.75, 3.05) is 0 Å². The zero-order valence-electron chi connectivity index (χ0n) is 11.4. The zero-order chi connectivity index (χ0) is 15.1. The molecule has 4 nitrogen and oxygen atoms in total. The van der Waals surface area contributed by atoms with Crippen LogP contribution in [0, 0.1) is 12.7 Å². The van der Waals surface area contributed by atoms with Crippen molar-refractivity contribution in [2.45, 2.75) is 25.8 Å². The Hall–Kier alpha value is -1.59. The monoisotopic (exact) mass is 327 g/mol. The summed E-state index contributed by atoms with van der Waals surface area (Å²) in [6, 6.07) is 4.68. The van der Waals surface area contributed by atoms with Crippen molar-refractivity contribution in [3.05, 3.63) is 46.3 Å². The minimum Gasteiger partial charge on any atom is -0.359 e. The lowest BCUT2D eigenvalue weighted by atomic mass is 10.3. The number of rotatable bonds is 3. The van der Waals surface area contributed by atoms with Gasteiger partial charge in [0.05, 0.1) is 33.7 Å². The Bertz CT molecular complexity index is 810. The summed E-state index contributed by atoms with van der Waals surface area (Å²) >= 11 is 12.0. The number of aromatic nitrogens is 3. The van der Waals surface area contributed by atoms with Crippen molar-refractivity contribution in [2.24, 2.45) is 0 Å². The molecule has 1 aromatic carbocycles. The van der Waals surface area contributed by atoms with Gasteiger partial charge in [-0.25, -0.2) is 9.37 Å². The molecule has 0 aliphatic heterocycles. The largest absolute Gasteiger partial charge is 0.359 e. The van der Waals surface area contributed by atoms with E-state index >= 15 is 0 Å². The molecule has 3 rings (SSSR count). The van der Waals surface area contributed by atoms with Crippen LogP contribution in [0.5, 0.6) is 0 Å². The zero-order valence-corrected chi connectivity index (χ0v) is 12.9. The van der Waals surface area contributed by atoms with E-state index in [0.717, 1.165) is 5.69 Å². The molecule has 0 amide bonds. The SMILES string of the molecule is Cc1cc(Cn2c(C(C)Cl)nc3cc(Cl)c(F)cc32)on1. The van der Waals surface area contributed by atoms with Crippen molar-refractivity contribution in [1.29, 1.82) is 0 Å². The molecule has 0 spiro atoms. The Labute approximate surface area is 130 Å². The van der Waals surface area contributed by atoms with Gasteiger partial charge in [-0.15, -0.1) is 11.6 Å². The van der Waals surface area contributed by atoms with Crippen LogP contribution in [0.15, 0.2) is 22.7 Å². The van der Waals surface area contributed by atoms with E-state index < -0.39 is 5.82 Å². The number of imidazole rings is 1. The molecule has 0 fully saturated rings. The summed E-state index contributed by atoms with van der Waals surface area (Å²) in [6.45, 7) is 4.03. The summed E-state index contributed by atoms with van der Waals surface area (Å²) < 4.78 is 20.8. The number of nitrogens with zero attached hydrogens (tertiary/aromatic N) is 3. The maximum atomic E-state index is 13.7. The molecule has 3 aromatic rings. The normalized spacial score (nSPS) is 13.0. The van der Waals surface area contributed by atoms with E-state index in [-0.39, 0.29) is 10.4 Å². The summed E-state index contributed by atoms with van der Waals surface area (Å²) in [6.07, 6.45) is 0. The predicted molar refractivity (Wildman–Crippen MR) is 79.3 cm³/mol. The Morgan fingerprint density at radius 3 is 2.76 bits per heavy atom. The molecule has 0 saturated heterocycles.